The molecule has 198 valence electrons. The number of sulfonamides is 2. The summed E-state index contributed by atoms with van der Waals surface area (Å²) in [6.07, 6.45) is 3.86. The van der Waals surface area contributed by atoms with E-state index < -0.39 is 20.0 Å². The highest BCUT2D eigenvalue weighted by Gasteiger charge is 2.26. The second-order valence-electron chi connectivity index (χ2n) is 8.81. The van der Waals surface area contributed by atoms with Crippen molar-refractivity contribution in [2.24, 2.45) is 0 Å². The zero-order valence-electron chi connectivity index (χ0n) is 20.9. The van der Waals surface area contributed by atoms with Crippen molar-refractivity contribution in [1.82, 2.24) is 9.62 Å². The topological polar surface area (TPSA) is 131 Å². The standard InChI is InChI=1S/C24H33N3O7S2/c1-17(2)25-35(29,30)19-10-12-23(34-4)21(16-19)26-36(31,32)18-9-11-22(33-3)20(15-18)24(28)27-13-7-5-6-8-14-27/h9-12,15-17,25-26H,5-8,13-14H2,1-4H3. The first-order chi connectivity index (χ1) is 17.0. The average molecular weight is 540 g/mol. The van der Waals surface area contributed by atoms with Crippen LogP contribution in [0.1, 0.15) is 49.9 Å². The summed E-state index contributed by atoms with van der Waals surface area (Å²) in [4.78, 5) is 14.7. The normalized spacial score (nSPS) is 14.9. The van der Waals surface area contributed by atoms with Gasteiger partial charge in [0.1, 0.15) is 11.5 Å². The molecule has 1 fully saturated rings. The third-order valence-corrected chi connectivity index (χ3v) is 8.74. The first kappa shape index (κ1) is 27.8. The SMILES string of the molecule is COc1ccc(S(=O)(=O)NC(C)C)cc1NS(=O)(=O)c1ccc(OC)c(C(=O)N2CCCCCC2)c1. The Morgan fingerprint density at radius 2 is 1.39 bits per heavy atom. The molecule has 2 aromatic carbocycles. The van der Waals surface area contributed by atoms with Crippen molar-refractivity contribution >= 4 is 31.6 Å². The molecule has 0 unspecified atom stereocenters. The van der Waals surface area contributed by atoms with Crippen molar-refractivity contribution in [2.45, 2.75) is 55.4 Å². The van der Waals surface area contributed by atoms with Gasteiger partial charge in [-0.15, -0.1) is 0 Å². The third-order valence-electron chi connectivity index (χ3n) is 5.72. The van der Waals surface area contributed by atoms with Crippen molar-refractivity contribution in [1.29, 1.82) is 0 Å². The number of nitrogens with one attached hydrogen (secondary N) is 2. The van der Waals surface area contributed by atoms with Crippen LogP contribution in [0, 0.1) is 0 Å². The van der Waals surface area contributed by atoms with Crippen LogP contribution in [0.4, 0.5) is 5.69 Å². The van der Waals surface area contributed by atoms with Crippen molar-refractivity contribution in [3.8, 4) is 11.5 Å². The van der Waals surface area contributed by atoms with Crippen LogP contribution in [-0.2, 0) is 20.0 Å². The summed E-state index contributed by atoms with van der Waals surface area (Å²) in [6, 6.07) is 7.58. The smallest absolute Gasteiger partial charge is 0.262 e. The molecule has 2 N–H and O–H groups in total. The highest BCUT2D eigenvalue weighted by molar-refractivity contribution is 7.92. The molecular formula is C24H33N3O7S2. The Kier molecular flexibility index (Phi) is 8.85. The van der Waals surface area contributed by atoms with E-state index in [1.54, 1.807) is 18.7 Å². The number of nitrogens with zero attached hydrogens (tertiary/aromatic N) is 1. The van der Waals surface area contributed by atoms with Crippen LogP contribution in [0.3, 0.4) is 0 Å². The first-order valence-corrected chi connectivity index (χ1v) is 14.7. The van der Waals surface area contributed by atoms with E-state index in [1.807, 2.05) is 0 Å². The number of carbonyl (C=O) groups excluding carboxylic acids is 1. The van der Waals surface area contributed by atoms with E-state index in [1.165, 1.54) is 50.6 Å². The minimum absolute atomic E-state index is 0.0552. The second-order valence-corrected chi connectivity index (χ2v) is 12.2. The summed E-state index contributed by atoms with van der Waals surface area (Å²) in [7, 11) is -5.33. The molecule has 0 spiro atoms. The van der Waals surface area contributed by atoms with E-state index in [9.17, 15) is 21.6 Å². The van der Waals surface area contributed by atoms with E-state index in [2.05, 4.69) is 9.44 Å². The van der Waals surface area contributed by atoms with Gasteiger partial charge in [0.05, 0.1) is 35.3 Å². The molecule has 12 heteroatoms. The maximum Gasteiger partial charge on any atom is 0.262 e. The predicted molar refractivity (Wildman–Crippen MR) is 137 cm³/mol. The lowest BCUT2D eigenvalue weighted by molar-refractivity contribution is 0.0758. The fraction of sp³-hybridized carbons (Fsp3) is 0.458. The van der Waals surface area contributed by atoms with Gasteiger partial charge in [-0.05, 0) is 63.1 Å². The van der Waals surface area contributed by atoms with E-state index in [-0.39, 0.29) is 44.5 Å². The summed E-state index contributed by atoms with van der Waals surface area (Å²) >= 11 is 0. The lowest BCUT2D eigenvalue weighted by Gasteiger charge is -2.22. The monoisotopic (exact) mass is 539 g/mol. The number of likely N-dealkylation sites (tertiary alicyclic amines) is 1. The second kappa shape index (κ2) is 11.5. The van der Waals surface area contributed by atoms with Crippen LogP contribution < -0.4 is 18.9 Å². The number of methoxy groups -OCH3 is 2. The molecule has 0 aliphatic carbocycles. The molecule has 1 saturated heterocycles. The summed E-state index contributed by atoms with van der Waals surface area (Å²) < 4.78 is 67.3. The number of rotatable bonds is 9. The Morgan fingerprint density at radius 3 is 1.94 bits per heavy atom. The minimum Gasteiger partial charge on any atom is -0.496 e. The number of hydrogen-bond donors (Lipinski definition) is 2. The Labute approximate surface area is 213 Å². The lowest BCUT2D eigenvalue weighted by Crippen LogP contribution is -2.32. The van der Waals surface area contributed by atoms with Crippen molar-refractivity contribution < 1.29 is 31.1 Å². The van der Waals surface area contributed by atoms with Crippen LogP contribution in [-0.4, -0.2) is 61.0 Å². The van der Waals surface area contributed by atoms with E-state index in [4.69, 9.17) is 9.47 Å². The average Bonchev–Trinajstić information content (AvgIpc) is 3.11. The molecule has 1 aliphatic rings. The minimum atomic E-state index is -4.22. The maximum atomic E-state index is 13.3. The van der Waals surface area contributed by atoms with Gasteiger partial charge in [0.25, 0.3) is 15.9 Å². The van der Waals surface area contributed by atoms with Crippen LogP contribution in [0.15, 0.2) is 46.2 Å². The summed E-state index contributed by atoms with van der Waals surface area (Å²) in [5, 5.41) is 0. The molecule has 0 aromatic heterocycles. The molecule has 0 radical (unpaired) electrons. The molecule has 10 nitrogen and oxygen atoms in total. The van der Waals surface area contributed by atoms with E-state index in [0.717, 1.165) is 25.7 Å². The number of anilines is 1. The van der Waals surface area contributed by atoms with Gasteiger partial charge in [-0.25, -0.2) is 21.6 Å². The van der Waals surface area contributed by atoms with Crippen molar-refractivity contribution in [3.05, 3.63) is 42.0 Å². The molecule has 0 bridgehead atoms. The first-order valence-electron chi connectivity index (χ1n) is 11.7. The van der Waals surface area contributed by atoms with Crippen LogP contribution in [0.5, 0.6) is 11.5 Å². The fourth-order valence-corrected chi connectivity index (χ4v) is 6.35. The highest BCUT2D eigenvalue weighted by atomic mass is 32.2. The number of carbonyl (C=O) groups is 1. The summed E-state index contributed by atoms with van der Waals surface area (Å²) in [5.74, 6) is 0.112. The molecule has 0 saturated carbocycles. The Bertz CT molecular complexity index is 1300. The van der Waals surface area contributed by atoms with Crippen molar-refractivity contribution in [3.63, 3.8) is 0 Å². The zero-order valence-corrected chi connectivity index (χ0v) is 22.5. The highest BCUT2D eigenvalue weighted by Crippen LogP contribution is 2.31. The van der Waals surface area contributed by atoms with Gasteiger partial charge >= 0.3 is 0 Å². The molecule has 2 aromatic rings. The number of benzene rings is 2. The van der Waals surface area contributed by atoms with Gasteiger partial charge in [-0.1, -0.05) is 12.8 Å². The van der Waals surface area contributed by atoms with Gasteiger partial charge < -0.3 is 14.4 Å². The quantitative estimate of drug-likeness (QED) is 0.500. The lowest BCUT2D eigenvalue weighted by atomic mass is 10.1. The number of amides is 1. The largest absolute Gasteiger partial charge is 0.496 e. The van der Waals surface area contributed by atoms with Gasteiger partial charge in [-0.3, -0.25) is 9.52 Å². The fourth-order valence-electron chi connectivity index (χ4n) is 3.98. The molecule has 1 heterocycles. The molecule has 36 heavy (non-hydrogen) atoms. The number of ether oxygens (including phenoxy) is 2. The van der Waals surface area contributed by atoms with Gasteiger partial charge in [-0.2, -0.15) is 0 Å². The van der Waals surface area contributed by atoms with Gasteiger partial charge in [0.2, 0.25) is 10.0 Å². The molecular weight excluding hydrogens is 506 g/mol. The van der Waals surface area contributed by atoms with E-state index >= 15 is 0 Å². The summed E-state index contributed by atoms with van der Waals surface area (Å²) in [6.45, 7) is 4.55. The van der Waals surface area contributed by atoms with E-state index in [0.29, 0.717) is 13.1 Å². The molecule has 1 aliphatic heterocycles. The predicted octanol–water partition coefficient (Wildman–Crippen LogP) is 3.21. The zero-order chi connectivity index (χ0) is 26.5. The Hall–Kier alpha value is -2.83. The molecule has 3 rings (SSSR count). The third kappa shape index (κ3) is 6.48. The number of hydrogen-bond acceptors (Lipinski definition) is 7. The maximum absolute atomic E-state index is 13.3. The van der Waals surface area contributed by atoms with Crippen LogP contribution >= 0.6 is 0 Å². The summed E-state index contributed by atoms with van der Waals surface area (Å²) in [5.41, 5.74) is 0.0899. The van der Waals surface area contributed by atoms with Crippen LogP contribution in [0.2, 0.25) is 0 Å². The van der Waals surface area contributed by atoms with Crippen LogP contribution in [0.25, 0.3) is 0 Å². The van der Waals surface area contributed by atoms with Crippen molar-refractivity contribution in [2.75, 3.05) is 32.0 Å². The molecule has 0 atom stereocenters. The van der Waals surface area contributed by atoms with Gasteiger partial charge in [0, 0.05) is 19.1 Å². The van der Waals surface area contributed by atoms with Gasteiger partial charge in [0.15, 0.2) is 0 Å². The Morgan fingerprint density at radius 1 is 0.833 bits per heavy atom. The molecule has 1 amide bonds. The Balaban J connectivity index is 1.98.